The van der Waals surface area contributed by atoms with Crippen LogP contribution in [0.4, 0.5) is 0 Å². The van der Waals surface area contributed by atoms with Crippen molar-refractivity contribution < 1.29 is 13.2 Å². The average Bonchev–Trinajstić information content (AvgIpc) is 2.76. The average molecular weight is 381 g/mol. The van der Waals surface area contributed by atoms with E-state index < -0.39 is 9.05 Å². The SMILES string of the molecule is Cc1c(Br)cc(C(=O)N2CCC(C)C2)cc1S(=O)(=O)Cl. The lowest BCUT2D eigenvalue weighted by atomic mass is 10.1. The summed E-state index contributed by atoms with van der Waals surface area (Å²) in [5, 5.41) is 0. The van der Waals surface area contributed by atoms with E-state index in [0.29, 0.717) is 34.6 Å². The van der Waals surface area contributed by atoms with Crippen molar-refractivity contribution in [1.82, 2.24) is 4.90 Å². The van der Waals surface area contributed by atoms with Crippen molar-refractivity contribution in [1.29, 1.82) is 0 Å². The Labute approximate surface area is 131 Å². The Morgan fingerprint density at radius 1 is 1.45 bits per heavy atom. The van der Waals surface area contributed by atoms with Gasteiger partial charge in [-0.05, 0) is 37.0 Å². The van der Waals surface area contributed by atoms with E-state index in [-0.39, 0.29) is 10.8 Å². The second-order valence-electron chi connectivity index (χ2n) is 5.16. The van der Waals surface area contributed by atoms with Gasteiger partial charge in [0.25, 0.3) is 15.0 Å². The molecule has 1 aromatic rings. The number of nitrogens with zero attached hydrogens (tertiary/aromatic N) is 1. The summed E-state index contributed by atoms with van der Waals surface area (Å²) >= 11 is 3.28. The van der Waals surface area contributed by atoms with Gasteiger partial charge in [0.1, 0.15) is 0 Å². The highest BCUT2D eigenvalue weighted by molar-refractivity contribution is 9.10. The first-order chi connectivity index (χ1) is 9.20. The third-order valence-corrected chi connectivity index (χ3v) is 5.79. The van der Waals surface area contributed by atoms with Crippen LogP contribution in [0, 0.1) is 12.8 Å². The summed E-state index contributed by atoms with van der Waals surface area (Å²) in [7, 11) is 1.55. The van der Waals surface area contributed by atoms with E-state index in [1.54, 1.807) is 17.9 Å². The van der Waals surface area contributed by atoms with E-state index in [4.69, 9.17) is 10.7 Å². The Morgan fingerprint density at radius 2 is 2.10 bits per heavy atom. The molecule has 0 aromatic heterocycles. The molecule has 1 atom stereocenters. The number of halogens is 2. The highest BCUT2D eigenvalue weighted by Crippen LogP contribution is 2.29. The maximum Gasteiger partial charge on any atom is 0.261 e. The molecule has 110 valence electrons. The van der Waals surface area contributed by atoms with Gasteiger partial charge >= 0.3 is 0 Å². The normalized spacial score (nSPS) is 19.4. The topological polar surface area (TPSA) is 54.5 Å². The molecule has 0 N–H and O–H groups in total. The number of carbonyl (C=O) groups excluding carboxylic acids is 1. The third-order valence-electron chi connectivity index (χ3n) is 3.52. The van der Waals surface area contributed by atoms with Crippen LogP contribution in [0.25, 0.3) is 0 Å². The van der Waals surface area contributed by atoms with Crippen LogP contribution in [0.3, 0.4) is 0 Å². The predicted octanol–water partition coefficient (Wildman–Crippen LogP) is 3.17. The minimum Gasteiger partial charge on any atom is -0.338 e. The molecule has 0 bridgehead atoms. The molecule has 1 saturated heterocycles. The minimum absolute atomic E-state index is 0.0239. The Hall–Kier alpha value is -0.590. The lowest BCUT2D eigenvalue weighted by molar-refractivity contribution is 0.0788. The van der Waals surface area contributed by atoms with Crippen LogP contribution in [0.2, 0.25) is 0 Å². The fourth-order valence-electron chi connectivity index (χ4n) is 2.33. The van der Waals surface area contributed by atoms with Crippen LogP contribution in [0.5, 0.6) is 0 Å². The van der Waals surface area contributed by atoms with Crippen molar-refractivity contribution in [2.24, 2.45) is 5.92 Å². The number of hydrogen-bond acceptors (Lipinski definition) is 3. The Kier molecular flexibility index (Phi) is 4.47. The van der Waals surface area contributed by atoms with Gasteiger partial charge in [0.2, 0.25) is 0 Å². The van der Waals surface area contributed by atoms with Crippen molar-refractivity contribution in [2.75, 3.05) is 13.1 Å². The van der Waals surface area contributed by atoms with Gasteiger partial charge in [0.15, 0.2) is 0 Å². The van der Waals surface area contributed by atoms with E-state index in [9.17, 15) is 13.2 Å². The molecule has 2 rings (SSSR count). The fourth-order valence-corrected chi connectivity index (χ4v) is 4.15. The summed E-state index contributed by atoms with van der Waals surface area (Å²) in [6.45, 7) is 5.14. The number of carbonyl (C=O) groups is 1. The molecule has 1 heterocycles. The van der Waals surface area contributed by atoms with E-state index in [1.807, 2.05) is 0 Å². The number of hydrogen-bond donors (Lipinski definition) is 0. The number of benzene rings is 1. The van der Waals surface area contributed by atoms with Crippen molar-refractivity contribution in [3.05, 3.63) is 27.7 Å². The quantitative estimate of drug-likeness (QED) is 0.741. The van der Waals surface area contributed by atoms with E-state index in [0.717, 1.165) is 6.42 Å². The van der Waals surface area contributed by atoms with Gasteiger partial charge < -0.3 is 4.90 Å². The molecule has 7 heteroatoms. The molecule has 0 radical (unpaired) electrons. The molecular weight excluding hydrogens is 366 g/mol. The number of rotatable bonds is 2. The highest BCUT2D eigenvalue weighted by atomic mass is 79.9. The van der Waals surface area contributed by atoms with Crippen LogP contribution >= 0.6 is 26.6 Å². The molecule has 1 aromatic carbocycles. The molecule has 0 aliphatic carbocycles. The zero-order chi connectivity index (χ0) is 15.1. The molecule has 1 amide bonds. The zero-order valence-corrected chi connectivity index (χ0v) is 14.3. The third kappa shape index (κ3) is 3.18. The van der Waals surface area contributed by atoms with Gasteiger partial charge in [0, 0.05) is 33.8 Å². The van der Waals surface area contributed by atoms with Crippen LogP contribution in [-0.4, -0.2) is 32.3 Å². The van der Waals surface area contributed by atoms with Crippen molar-refractivity contribution in [3.8, 4) is 0 Å². The number of likely N-dealkylation sites (tertiary alicyclic amines) is 1. The van der Waals surface area contributed by atoms with Gasteiger partial charge in [-0.1, -0.05) is 22.9 Å². The van der Waals surface area contributed by atoms with Crippen molar-refractivity contribution in [2.45, 2.75) is 25.2 Å². The molecule has 1 unspecified atom stereocenters. The Morgan fingerprint density at radius 3 is 2.60 bits per heavy atom. The summed E-state index contributed by atoms with van der Waals surface area (Å²) in [6.07, 6.45) is 0.972. The van der Waals surface area contributed by atoms with E-state index in [1.165, 1.54) is 6.07 Å². The lowest BCUT2D eigenvalue weighted by Crippen LogP contribution is -2.28. The summed E-state index contributed by atoms with van der Waals surface area (Å²) < 4.78 is 23.7. The summed E-state index contributed by atoms with van der Waals surface area (Å²) in [5.41, 5.74) is 0.849. The van der Waals surface area contributed by atoms with Gasteiger partial charge in [-0.15, -0.1) is 0 Å². The van der Waals surface area contributed by atoms with E-state index in [2.05, 4.69) is 22.9 Å². The van der Waals surface area contributed by atoms with E-state index >= 15 is 0 Å². The minimum atomic E-state index is -3.87. The second-order valence-corrected chi connectivity index (χ2v) is 8.55. The molecular formula is C13H15BrClNO3S. The second kappa shape index (κ2) is 5.66. The van der Waals surface area contributed by atoms with Gasteiger partial charge in [-0.25, -0.2) is 8.42 Å². The molecule has 1 aliphatic rings. The smallest absolute Gasteiger partial charge is 0.261 e. The molecule has 0 saturated carbocycles. The zero-order valence-electron chi connectivity index (χ0n) is 11.2. The molecule has 20 heavy (non-hydrogen) atoms. The number of amides is 1. The molecule has 1 fully saturated rings. The molecule has 0 spiro atoms. The first-order valence-electron chi connectivity index (χ1n) is 6.24. The maximum atomic E-state index is 12.4. The Balaban J connectivity index is 2.43. The fraction of sp³-hybridized carbons (Fsp3) is 0.462. The predicted molar refractivity (Wildman–Crippen MR) is 81.6 cm³/mol. The monoisotopic (exact) mass is 379 g/mol. The maximum absolute atomic E-state index is 12.4. The van der Waals surface area contributed by atoms with Gasteiger partial charge in [-0.2, -0.15) is 0 Å². The van der Waals surface area contributed by atoms with Gasteiger partial charge in [-0.3, -0.25) is 4.79 Å². The lowest BCUT2D eigenvalue weighted by Gasteiger charge is -2.17. The largest absolute Gasteiger partial charge is 0.338 e. The Bertz CT molecular complexity index is 660. The van der Waals surface area contributed by atoms with Gasteiger partial charge in [0.05, 0.1) is 4.90 Å². The molecule has 1 aliphatic heterocycles. The highest BCUT2D eigenvalue weighted by Gasteiger charge is 2.26. The standard InChI is InChI=1S/C13H15BrClNO3S/c1-8-3-4-16(7-8)13(17)10-5-11(14)9(2)12(6-10)20(15,18)19/h5-6,8H,3-4,7H2,1-2H3. The van der Waals surface area contributed by atoms with Crippen LogP contribution in [0.1, 0.15) is 29.3 Å². The van der Waals surface area contributed by atoms with Crippen LogP contribution in [-0.2, 0) is 9.05 Å². The van der Waals surface area contributed by atoms with Crippen molar-refractivity contribution >= 4 is 41.6 Å². The van der Waals surface area contributed by atoms with Crippen LogP contribution in [0.15, 0.2) is 21.5 Å². The summed E-state index contributed by atoms with van der Waals surface area (Å²) in [4.78, 5) is 14.1. The van der Waals surface area contributed by atoms with Crippen molar-refractivity contribution in [3.63, 3.8) is 0 Å². The first kappa shape index (κ1) is 15.8. The van der Waals surface area contributed by atoms with Crippen LogP contribution < -0.4 is 0 Å². The summed E-state index contributed by atoms with van der Waals surface area (Å²) in [5.74, 6) is 0.320. The molecule has 4 nitrogen and oxygen atoms in total. The summed E-state index contributed by atoms with van der Waals surface area (Å²) in [6, 6.07) is 3.00. The first-order valence-corrected chi connectivity index (χ1v) is 9.34.